The van der Waals surface area contributed by atoms with Gasteiger partial charge in [0.1, 0.15) is 11.5 Å². The molecule has 2 N–H and O–H groups in total. The Kier molecular flexibility index (Phi) is 4.42. The summed E-state index contributed by atoms with van der Waals surface area (Å²) in [5.74, 6) is -2.77. The molecule has 0 fully saturated rings. The molecular formula is C12H12FNO4. The fourth-order valence-corrected chi connectivity index (χ4v) is 1.20. The molecule has 0 aromatic heterocycles. The average molecular weight is 253 g/mol. The van der Waals surface area contributed by atoms with Gasteiger partial charge in [-0.25, -0.2) is 14.0 Å². The summed E-state index contributed by atoms with van der Waals surface area (Å²) in [5, 5.41) is 11.3. The van der Waals surface area contributed by atoms with Crippen molar-refractivity contribution in [1.82, 2.24) is 0 Å². The van der Waals surface area contributed by atoms with E-state index in [1.54, 1.807) is 6.07 Å². The zero-order valence-electron chi connectivity index (χ0n) is 9.86. The number of anilines is 1. The molecular weight excluding hydrogens is 241 g/mol. The first-order chi connectivity index (χ1) is 8.47. The van der Waals surface area contributed by atoms with E-state index in [2.05, 4.69) is 10.1 Å². The van der Waals surface area contributed by atoms with E-state index in [-0.39, 0.29) is 17.0 Å². The molecule has 1 aromatic carbocycles. The highest BCUT2D eigenvalue weighted by molar-refractivity contribution is 6.01. The maximum atomic E-state index is 13.4. The van der Waals surface area contributed by atoms with Gasteiger partial charge in [-0.2, -0.15) is 0 Å². The molecule has 1 rings (SSSR count). The number of nitrogens with one attached hydrogen (secondary N) is 1. The van der Waals surface area contributed by atoms with Gasteiger partial charge in [0, 0.05) is 0 Å². The van der Waals surface area contributed by atoms with Crippen molar-refractivity contribution in [3.8, 4) is 0 Å². The average Bonchev–Trinajstić information content (AvgIpc) is 2.36. The lowest BCUT2D eigenvalue weighted by Gasteiger charge is -2.11. The molecule has 0 atom stereocenters. The van der Waals surface area contributed by atoms with Crippen LogP contribution in [0, 0.1) is 5.82 Å². The Morgan fingerprint density at radius 3 is 2.44 bits per heavy atom. The fourth-order valence-electron chi connectivity index (χ4n) is 1.20. The molecule has 0 aliphatic rings. The minimum Gasteiger partial charge on any atom is -0.478 e. The van der Waals surface area contributed by atoms with E-state index in [1.165, 1.54) is 25.1 Å². The highest BCUT2D eigenvalue weighted by Gasteiger charge is 2.19. The van der Waals surface area contributed by atoms with Gasteiger partial charge >= 0.3 is 11.9 Å². The van der Waals surface area contributed by atoms with Crippen molar-refractivity contribution in [3.05, 3.63) is 41.4 Å². The highest BCUT2D eigenvalue weighted by atomic mass is 19.1. The quantitative estimate of drug-likeness (QED) is 0.631. The maximum absolute atomic E-state index is 13.4. The Balaban J connectivity index is 3.16. The zero-order valence-corrected chi connectivity index (χ0v) is 9.86. The SMILES string of the molecule is COC(=O)C(Nc1ccccc1F)=C(C)C(=O)O. The number of rotatable bonds is 4. The molecule has 0 bridgehead atoms. The van der Waals surface area contributed by atoms with Crippen LogP contribution in [0.3, 0.4) is 0 Å². The van der Waals surface area contributed by atoms with E-state index in [1.807, 2.05) is 0 Å². The highest BCUT2D eigenvalue weighted by Crippen LogP contribution is 2.17. The van der Waals surface area contributed by atoms with Crippen LogP contribution in [0.15, 0.2) is 35.5 Å². The Bertz CT molecular complexity index is 511. The number of ether oxygens (including phenoxy) is 1. The largest absolute Gasteiger partial charge is 0.478 e. The van der Waals surface area contributed by atoms with Gasteiger partial charge in [0.15, 0.2) is 0 Å². The molecule has 0 spiro atoms. The third-order valence-corrected chi connectivity index (χ3v) is 2.22. The molecule has 6 heteroatoms. The number of aliphatic carboxylic acids is 1. The Morgan fingerprint density at radius 2 is 1.94 bits per heavy atom. The number of methoxy groups -OCH3 is 1. The topological polar surface area (TPSA) is 75.6 Å². The lowest BCUT2D eigenvalue weighted by Crippen LogP contribution is -2.18. The number of hydrogen-bond acceptors (Lipinski definition) is 4. The number of carboxylic acid groups (broad SMARTS) is 1. The summed E-state index contributed by atoms with van der Waals surface area (Å²) < 4.78 is 17.8. The summed E-state index contributed by atoms with van der Waals surface area (Å²) in [5.41, 5.74) is -0.571. The summed E-state index contributed by atoms with van der Waals surface area (Å²) >= 11 is 0. The number of carboxylic acids is 1. The van der Waals surface area contributed by atoms with Gasteiger partial charge in [0.2, 0.25) is 0 Å². The first-order valence-electron chi connectivity index (χ1n) is 5.01. The van der Waals surface area contributed by atoms with Crippen LogP contribution >= 0.6 is 0 Å². The molecule has 96 valence electrons. The molecule has 1 aromatic rings. The monoisotopic (exact) mass is 253 g/mol. The van der Waals surface area contributed by atoms with Crippen LogP contribution in [-0.4, -0.2) is 24.2 Å². The lowest BCUT2D eigenvalue weighted by molar-refractivity contribution is -0.137. The molecule has 0 radical (unpaired) electrons. The van der Waals surface area contributed by atoms with Gasteiger partial charge in [-0.05, 0) is 19.1 Å². The summed E-state index contributed by atoms with van der Waals surface area (Å²) in [7, 11) is 1.11. The van der Waals surface area contributed by atoms with Crippen LogP contribution < -0.4 is 5.32 Å². The third-order valence-electron chi connectivity index (χ3n) is 2.22. The van der Waals surface area contributed by atoms with Gasteiger partial charge in [-0.1, -0.05) is 12.1 Å². The van der Waals surface area contributed by atoms with E-state index >= 15 is 0 Å². The van der Waals surface area contributed by atoms with Gasteiger partial charge < -0.3 is 15.2 Å². The predicted octanol–water partition coefficient (Wildman–Crippen LogP) is 1.77. The molecule has 18 heavy (non-hydrogen) atoms. The molecule has 5 nitrogen and oxygen atoms in total. The number of hydrogen-bond donors (Lipinski definition) is 2. The molecule has 0 saturated carbocycles. The maximum Gasteiger partial charge on any atom is 0.355 e. The van der Waals surface area contributed by atoms with Gasteiger partial charge in [-0.15, -0.1) is 0 Å². The van der Waals surface area contributed by atoms with Crippen LogP contribution in [-0.2, 0) is 14.3 Å². The second-order valence-electron chi connectivity index (χ2n) is 3.40. The van der Waals surface area contributed by atoms with Crippen LogP contribution in [0.1, 0.15) is 6.92 Å². The van der Waals surface area contributed by atoms with Crippen molar-refractivity contribution >= 4 is 17.6 Å². The second-order valence-corrected chi connectivity index (χ2v) is 3.40. The molecule has 0 unspecified atom stereocenters. The minimum atomic E-state index is -1.29. The molecule has 0 saturated heterocycles. The normalized spacial score (nSPS) is 11.5. The predicted molar refractivity (Wildman–Crippen MR) is 62.4 cm³/mol. The van der Waals surface area contributed by atoms with E-state index in [0.717, 1.165) is 7.11 Å². The second kappa shape index (κ2) is 5.81. The summed E-state index contributed by atoms with van der Waals surface area (Å²) in [6, 6.07) is 5.60. The summed E-state index contributed by atoms with van der Waals surface area (Å²) in [6.07, 6.45) is 0. The van der Waals surface area contributed by atoms with Crippen molar-refractivity contribution < 1.29 is 23.8 Å². The summed E-state index contributed by atoms with van der Waals surface area (Å²) in [4.78, 5) is 22.3. The van der Waals surface area contributed by atoms with E-state index in [4.69, 9.17) is 5.11 Å². The van der Waals surface area contributed by atoms with Crippen molar-refractivity contribution in [2.24, 2.45) is 0 Å². The van der Waals surface area contributed by atoms with E-state index < -0.39 is 17.8 Å². The van der Waals surface area contributed by atoms with Gasteiger partial charge in [0.05, 0.1) is 18.4 Å². The lowest BCUT2D eigenvalue weighted by atomic mass is 10.2. The van der Waals surface area contributed by atoms with Gasteiger partial charge in [-0.3, -0.25) is 0 Å². The van der Waals surface area contributed by atoms with Gasteiger partial charge in [0.25, 0.3) is 0 Å². The Labute approximate surface area is 103 Å². The smallest absolute Gasteiger partial charge is 0.355 e. The Hall–Kier alpha value is -2.37. The van der Waals surface area contributed by atoms with Crippen LogP contribution in [0.25, 0.3) is 0 Å². The van der Waals surface area contributed by atoms with Crippen LogP contribution in [0.4, 0.5) is 10.1 Å². The standard InChI is InChI=1S/C12H12FNO4/c1-7(11(15)16)10(12(17)18-2)14-9-6-4-3-5-8(9)13/h3-6,14H,1-2H3,(H,15,16). The van der Waals surface area contributed by atoms with Crippen LogP contribution in [0.2, 0.25) is 0 Å². The number of carbonyl (C=O) groups excluding carboxylic acids is 1. The molecule has 0 aliphatic carbocycles. The van der Waals surface area contributed by atoms with Crippen molar-refractivity contribution in [1.29, 1.82) is 0 Å². The Morgan fingerprint density at radius 1 is 1.33 bits per heavy atom. The first-order valence-corrected chi connectivity index (χ1v) is 5.01. The number of halogens is 1. The van der Waals surface area contributed by atoms with E-state index in [0.29, 0.717) is 0 Å². The first kappa shape index (κ1) is 13.7. The van der Waals surface area contributed by atoms with Crippen molar-refractivity contribution in [3.63, 3.8) is 0 Å². The third kappa shape index (κ3) is 3.07. The van der Waals surface area contributed by atoms with E-state index in [9.17, 15) is 14.0 Å². The molecule has 0 amide bonds. The minimum absolute atomic E-state index is 0.00139. The fraction of sp³-hybridized carbons (Fsp3) is 0.167. The summed E-state index contributed by atoms with van der Waals surface area (Å²) in [6.45, 7) is 1.22. The zero-order chi connectivity index (χ0) is 13.7. The number of esters is 1. The number of benzene rings is 1. The number of carbonyl (C=O) groups is 2. The van der Waals surface area contributed by atoms with Crippen molar-refractivity contribution in [2.75, 3.05) is 12.4 Å². The van der Waals surface area contributed by atoms with Crippen molar-refractivity contribution in [2.45, 2.75) is 6.92 Å². The van der Waals surface area contributed by atoms with Crippen LogP contribution in [0.5, 0.6) is 0 Å². The molecule has 0 aliphatic heterocycles. The molecule has 0 heterocycles. The number of para-hydroxylation sites is 1.